The van der Waals surface area contributed by atoms with Gasteiger partial charge in [-0.05, 0) is 24.6 Å². The predicted octanol–water partition coefficient (Wildman–Crippen LogP) is 4.99. The summed E-state index contributed by atoms with van der Waals surface area (Å²) in [5, 5.41) is 12.6. The molecule has 0 unspecified atom stereocenters. The third-order valence-electron chi connectivity index (χ3n) is 3.60. The van der Waals surface area contributed by atoms with Gasteiger partial charge in [-0.2, -0.15) is 5.26 Å². The number of thiophene rings is 1. The summed E-state index contributed by atoms with van der Waals surface area (Å²) in [6, 6.07) is 17.4. The van der Waals surface area contributed by atoms with Crippen LogP contribution in [0.3, 0.4) is 0 Å². The van der Waals surface area contributed by atoms with E-state index in [0.29, 0.717) is 10.6 Å². The van der Waals surface area contributed by atoms with Crippen LogP contribution in [0.4, 0.5) is 9.39 Å². The average molecular weight is 336 g/mol. The minimum Gasteiger partial charge on any atom is -0.312 e. The number of nitrogens with zero attached hydrogens (tertiary/aromatic N) is 1. The molecule has 0 saturated heterocycles. The fourth-order valence-electron chi connectivity index (χ4n) is 2.51. The Kier molecular flexibility index (Phi) is 4.41. The number of amides is 1. The van der Waals surface area contributed by atoms with Crippen LogP contribution in [0.15, 0.2) is 54.6 Å². The molecule has 3 nitrogen and oxygen atoms in total. The molecule has 0 atom stereocenters. The van der Waals surface area contributed by atoms with Gasteiger partial charge in [0.2, 0.25) is 0 Å². The van der Waals surface area contributed by atoms with Crippen LogP contribution in [0.25, 0.3) is 11.1 Å². The SMILES string of the molecule is Cc1sc(NC(=O)c2ccccc2F)c(C#N)c1-c1ccccc1. The number of nitriles is 1. The molecular formula is C19H13FN2OS. The highest BCUT2D eigenvalue weighted by Gasteiger charge is 2.20. The Labute approximate surface area is 143 Å². The second kappa shape index (κ2) is 6.65. The molecule has 0 spiro atoms. The molecule has 3 rings (SSSR count). The van der Waals surface area contributed by atoms with Crippen molar-refractivity contribution in [2.24, 2.45) is 0 Å². The second-order valence-electron chi connectivity index (χ2n) is 5.15. The Morgan fingerprint density at radius 3 is 2.46 bits per heavy atom. The topological polar surface area (TPSA) is 52.9 Å². The van der Waals surface area contributed by atoms with E-state index < -0.39 is 11.7 Å². The van der Waals surface area contributed by atoms with E-state index in [4.69, 9.17) is 0 Å². The second-order valence-corrected chi connectivity index (χ2v) is 6.37. The molecule has 1 amide bonds. The zero-order chi connectivity index (χ0) is 17.1. The van der Waals surface area contributed by atoms with Crippen molar-refractivity contribution in [3.8, 4) is 17.2 Å². The summed E-state index contributed by atoms with van der Waals surface area (Å²) >= 11 is 1.31. The van der Waals surface area contributed by atoms with Gasteiger partial charge in [-0.1, -0.05) is 42.5 Å². The molecule has 24 heavy (non-hydrogen) atoms. The number of carbonyl (C=O) groups excluding carboxylic acids is 1. The number of halogens is 1. The molecular weight excluding hydrogens is 323 g/mol. The average Bonchev–Trinajstić information content (AvgIpc) is 2.91. The molecule has 2 aromatic carbocycles. The first-order valence-corrected chi connectivity index (χ1v) is 8.08. The molecule has 0 radical (unpaired) electrons. The molecule has 3 aromatic rings. The van der Waals surface area contributed by atoms with Crippen LogP contribution in [0, 0.1) is 24.1 Å². The molecule has 0 aliphatic rings. The largest absolute Gasteiger partial charge is 0.312 e. The van der Waals surface area contributed by atoms with E-state index in [-0.39, 0.29) is 5.56 Å². The predicted molar refractivity (Wildman–Crippen MR) is 93.6 cm³/mol. The minimum atomic E-state index is -0.593. The standard InChI is InChI=1S/C19H13FN2OS/c1-12-17(13-7-3-2-4-8-13)15(11-21)19(24-12)22-18(23)14-9-5-6-10-16(14)20/h2-10H,1H3,(H,22,23). The third-order valence-corrected chi connectivity index (χ3v) is 4.62. The highest BCUT2D eigenvalue weighted by atomic mass is 32.1. The summed E-state index contributed by atoms with van der Waals surface area (Å²) < 4.78 is 13.8. The highest BCUT2D eigenvalue weighted by molar-refractivity contribution is 7.17. The van der Waals surface area contributed by atoms with Gasteiger partial charge in [0, 0.05) is 10.4 Å². The molecule has 1 heterocycles. The van der Waals surface area contributed by atoms with E-state index >= 15 is 0 Å². The summed E-state index contributed by atoms with van der Waals surface area (Å²) in [4.78, 5) is 13.2. The van der Waals surface area contributed by atoms with Crippen molar-refractivity contribution < 1.29 is 9.18 Å². The van der Waals surface area contributed by atoms with Gasteiger partial charge in [-0.15, -0.1) is 11.3 Å². The number of carbonyl (C=O) groups is 1. The van der Waals surface area contributed by atoms with E-state index in [2.05, 4.69) is 11.4 Å². The quantitative estimate of drug-likeness (QED) is 0.733. The number of hydrogen-bond acceptors (Lipinski definition) is 3. The van der Waals surface area contributed by atoms with Gasteiger partial charge in [-0.25, -0.2) is 4.39 Å². The van der Waals surface area contributed by atoms with Crippen molar-refractivity contribution in [2.75, 3.05) is 5.32 Å². The van der Waals surface area contributed by atoms with Gasteiger partial charge in [0.05, 0.1) is 11.1 Å². The van der Waals surface area contributed by atoms with E-state index in [1.807, 2.05) is 37.3 Å². The molecule has 0 aliphatic carbocycles. The number of anilines is 1. The lowest BCUT2D eigenvalue weighted by Gasteiger charge is -2.05. The fourth-order valence-corrected chi connectivity index (χ4v) is 3.53. The lowest BCUT2D eigenvalue weighted by molar-refractivity contribution is 0.102. The molecule has 0 bridgehead atoms. The van der Waals surface area contributed by atoms with Crippen molar-refractivity contribution in [2.45, 2.75) is 6.92 Å². The van der Waals surface area contributed by atoms with Gasteiger partial charge < -0.3 is 5.32 Å². The van der Waals surface area contributed by atoms with Gasteiger partial charge in [0.1, 0.15) is 16.9 Å². The summed E-state index contributed by atoms with van der Waals surface area (Å²) in [5.41, 5.74) is 2.06. The maximum Gasteiger partial charge on any atom is 0.259 e. The van der Waals surface area contributed by atoms with E-state index in [1.54, 1.807) is 6.07 Å². The lowest BCUT2D eigenvalue weighted by Crippen LogP contribution is -2.13. The highest BCUT2D eigenvalue weighted by Crippen LogP contribution is 2.39. The third kappa shape index (κ3) is 2.92. The van der Waals surface area contributed by atoms with Crippen LogP contribution in [-0.4, -0.2) is 5.91 Å². The van der Waals surface area contributed by atoms with Crippen molar-refractivity contribution in [3.05, 3.63) is 76.4 Å². The molecule has 1 N–H and O–H groups in total. The molecule has 118 valence electrons. The Bertz CT molecular complexity index is 942. The number of nitrogens with one attached hydrogen (secondary N) is 1. The van der Waals surface area contributed by atoms with E-state index in [9.17, 15) is 14.4 Å². The Morgan fingerprint density at radius 2 is 1.79 bits per heavy atom. The smallest absolute Gasteiger partial charge is 0.259 e. The van der Waals surface area contributed by atoms with E-state index in [0.717, 1.165) is 16.0 Å². The molecule has 1 aromatic heterocycles. The van der Waals surface area contributed by atoms with Crippen LogP contribution in [0.2, 0.25) is 0 Å². The summed E-state index contributed by atoms with van der Waals surface area (Å²) in [5.74, 6) is -1.16. The zero-order valence-corrected chi connectivity index (χ0v) is 13.7. The van der Waals surface area contributed by atoms with Crippen LogP contribution < -0.4 is 5.32 Å². The summed E-state index contributed by atoms with van der Waals surface area (Å²) in [7, 11) is 0. The van der Waals surface area contributed by atoms with Gasteiger partial charge in [-0.3, -0.25) is 4.79 Å². The molecule has 0 aliphatic heterocycles. The minimum absolute atomic E-state index is 0.0475. The van der Waals surface area contributed by atoms with Gasteiger partial charge in [0.15, 0.2) is 0 Å². The number of hydrogen-bond donors (Lipinski definition) is 1. The van der Waals surface area contributed by atoms with Crippen molar-refractivity contribution >= 4 is 22.2 Å². The molecule has 0 saturated carbocycles. The Hall–Kier alpha value is -2.97. The van der Waals surface area contributed by atoms with Crippen molar-refractivity contribution in [1.29, 1.82) is 5.26 Å². The van der Waals surface area contributed by atoms with Crippen LogP contribution in [0.5, 0.6) is 0 Å². The van der Waals surface area contributed by atoms with Crippen molar-refractivity contribution in [3.63, 3.8) is 0 Å². The van der Waals surface area contributed by atoms with E-state index in [1.165, 1.54) is 29.5 Å². The number of benzene rings is 2. The van der Waals surface area contributed by atoms with Gasteiger partial charge >= 0.3 is 0 Å². The maximum absolute atomic E-state index is 13.8. The monoisotopic (exact) mass is 336 g/mol. The summed E-state index contributed by atoms with van der Waals surface area (Å²) in [6.07, 6.45) is 0. The first-order chi connectivity index (χ1) is 11.6. The normalized spacial score (nSPS) is 10.2. The number of rotatable bonds is 3. The molecule has 5 heteroatoms. The van der Waals surface area contributed by atoms with Crippen molar-refractivity contribution in [1.82, 2.24) is 0 Å². The number of aryl methyl sites for hydroxylation is 1. The van der Waals surface area contributed by atoms with Crippen LogP contribution >= 0.6 is 11.3 Å². The van der Waals surface area contributed by atoms with Crippen LogP contribution in [-0.2, 0) is 0 Å². The molecule has 0 fully saturated rings. The summed E-state index contributed by atoms with van der Waals surface area (Å²) in [6.45, 7) is 1.90. The van der Waals surface area contributed by atoms with Crippen LogP contribution in [0.1, 0.15) is 20.8 Å². The first-order valence-electron chi connectivity index (χ1n) is 7.26. The Balaban J connectivity index is 2.00. The lowest BCUT2D eigenvalue weighted by atomic mass is 10.0. The first kappa shape index (κ1) is 15.9. The zero-order valence-electron chi connectivity index (χ0n) is 12.8. The fraction of sp³-hybridized carbons (Fsp3) is 0.0526. The van der Waals surface area contributed by atoms with Gasteiger partial charge in [0.25, 0.3) is 5.91 Å². The Morgan fingerprint density at radius 1 is 1.12 bits per heavy atom. The maximum atomic E-state index is 13.8.